The number of hydrogen-bond acceptors (Lipinski definition) is 19. The molecule has 0 heterocycles. The molecule has 0 saturated carbocycles. The summed E-state index contributed by atoms with van der Waals surface area (Å²) in [7, 11) is 0. The molecule has 3 aromatic carbocycles. The molecule has 0 aliphatic rings. The molecular formula is C61H90N12O18. The lowest BCUT2D eigenvalue weighted by molar-refractivity contribution is -0.166. The normalized spacial score (nSPS) is 10.9. The summed E-state index contributed by atoms with van der Waals surface area (Å²) in [6.45, 7) is 4.41. The fraction of sp³-hybridized carbons (Fsp3) is 0.557. The van der Waals surface area contributed by atoms with Crippen LogP contribution in [-0.2, 0) is 56.2 Å². The molecule has 0 aliphatic heterocycles. The molecule has 0 fully saturated rings. The lowest BCUT2D eigenvalue weighted by Gasteiger charge is -2.24. The highest BCUT2D eigenvalue weighted by atomic mass is 16.5. The first-order valence-corrected chi connectivity index (χ1v) is 30.8. The Balaban J connectivity index is 1.32. The Bertz CT molecular complexity index is 2800. The second kappa shape index (κ2) is 43.7. The smallest absolute Gasteiger partial charge is 0.335 e. The van der Waals surface area contributed by atoms with E-state index in [1.54, 1.807) is 24.3 Å². The zero-order valence-corrected chi connectivity index (χ0v) is 51.8. The van der Waals surface area contributed by atoms with E-state index in [-0.39, 0.29) is 169 Å². The zero-order chi connectivity index (χ0) is 66.9. The highest BCUT2D eigenvalue weighted by Gasteiger charge is 2.21. The number of benzene rings is 2. The van der Waals surface area contributed by atoms with E-state index in [1.807, 2.05) is 4.90 Å². The van der Waals surface area contributed by atoms with Crippen molar-refractivity contribution in [3.63, 3.8) is 0 Å². The number of aromatic carboxylic acids is 2. The number of anilines is 2. The Morgan fingerprint density at radius 2 is 0.681 bits per heavy atom. The van der Waals surface area contributed by atoms with Gasteiger partial charge in [0, 0.05) is 150 Å². The first kappa shape index (κ1) is 76.4. The Kier molecular flexibility index (Phi) is 36.7. The average molecular weight is 1280 g/mol. The number of carboxylic acids is 2. The van der Waals surface area contributed by atoms with E-state index >= 15 is 0 Å². The standard InChI is InChI=1S/C61H90N12O18/c1-43(74)71(89)35-8-2-5-29-62-52(79)25-27-54(81)72(90)36-9-3-6-30-63-53(80)26-28-55(82)73(91)37-10-4-7-31-66-56-57(59(84)58(56)83)67-34-40-70(38-32-64-48(75)13-11-15-50(77)68-41-44-17-21-46(22-18-44)60(85)86)39-33-65-49(76)14-12-16-51(78)69-42-45-19-23-47(24-20-45)61(87)88/h17-24,66-67,89-91H,2-16,25-42H2,1H3,(H,62,79)(H,63,80)(H,64,75)(H,65,76)(H,68,77)(H,69,78)(H,85,86)(H,87,88). The molecule has 0 saturated heterocycles. The molecule has 3 rings (SSSR count). The molecular weight excluding hydrogens is 1190 g/mol. The predicted octanol–water partition coefficient (Wildman–Crippen LogP) is 1.99. The van der Waals surface area contributed by atoms with Crippen molar-refractivity contribution < 1.29 is 78.6 Å². The summed E-state index contributed by atoms with van der Waals surface area (Å²) in [4.78, 5) is 160. The first-order valence-electron chi connectivity index (χ1n) is 30.8. The minimum atomic E-state index is -1.06. The number of carbonyl (C=O) groups is 11. The molecule has 0 aromatic heterocycles. The van der Waals surface area contributed by atoms with Gasteiger partial charge in [0.15, 0.2) is 0 Å². The number of hydroxylamine groups is 6. The summed E-state index contributed by atoms with van der Waals surface area (Å²) < 4.78 is 0. The summed E-state index contributed by atoms with van der Waals surface area (Å²) in [5, 5.41) is 72.1. The van der Waals surface area contributed by atoms with E-state index in [2.05, 4.69) is 42.5 Å². The van der Waals surface area contributed by atoms with Crippen LogP contribution in [-0.4, -0.2) is 190 Å². The number of nitrogens with zero attached hydrogens (tertiary/aromatic N) is 4. The predicted molar refractivity (Wildman–Crippen MR) is 331 cm³/mol. The van der Waals surface area contributed by atoms with Crippen molar-refractivity contribution in [3.8, 4) is 0 Å². The van der Waals surface area contributed by atoms with Gasteiger partial charge < -0.3 is 52.7 Å². The quantitative estimate of drug-likeness (QED) is 0.0166. The second-order valence-corrected chi connectivity index (χ2v) is 21.6. The summed E-state index contributed by atoms with van der Waals surface area (Å²) in [5.74, 6) is -5.68. The Hall–Kier alpha value is -8.87. The molecule has 30 nitrogen and oxygen atoms in total. The molecule has 502 valence electrons. The van der Waals surface area contributed by atoms with Crippen LogP contribution >= 0.6 is 0 Å². The highest BCUT2D eigenvalue weighted by Crippen LogP contribution is 2.15. The molecule has 0 radical (unpaired) electrons. The largest absolute Gasteiger partial charge is 0.478 e. The van der Waals surface area contributed by atoms with Crippen molar-refractivity contribution in [2.45, 2.75) is 142 Å². The van der Waals surface area contributed by atoms with Crippen molar-refractivity contribution in [1.82, 2.24) is 52.0 Å². The van der Waals surface area contributed by atoms with Crippen molar-refractivity contribution in [1.29, 1.82) is 0 Å². The van der Waals surface area contributed by atoms with Crippen LogP contribution in [0, 0.1) is 0 Å². The van der Waals surface area contributed by atoms with Gasteiger partial charge in [-0.3, -0.25) is 73.3 Å². The van der Waals surface area contributed by atoms with Crippen LogP contribution in [0.4, 0.5) is 11.4 Å². The lowest BCUT2D eigenvalue weighted by atomic mass is 10.1. The number of unbranched alkanes of at least 4 members (excludes halogenated alkanes) is 6. The van der Waals surface area contributed by atoms with Gasteiger partial charge in [-0.25, -0.2) is 24.8 Å². The van der Waals surface area contributed by atoms with Crippen molar-refractivity contribution >= 4 is 76.5 Å². The van der Waals surface area contributed by atoms with E-state index in [4.69, 9.17) is 10.2 Å². The third-order valence-electron chi connectivity index (χ3n) is 14.3. The van der Waals surface area contributed by atoms with Gasteiger partial charge >= 0.3 is 11.9 Å². The molecule has 13 N–H and O–H groups in total. The molecule has 0 unspecified atom stereocenters. The van der Waals surface area contributed by atoms with Gasteiger partial charge in [-0.05, 0) is 106 Å². The number of carboxylic acid groups (broad SMARTS) is 2. The monoisotopic (exact) mass is 1280 g/mol. The average Bonchev–Trinajstić information content (AvgIpc) is 0.835. The van der Waals surface area contributed by atoms with Gasteiger partial charge in [0.1, 0.15) is 11.4 Å². The fourth-order valence-corrected chi connectivity index (χ4v) is 8.86. The molecule has 3 aromatic rings. The Morgan fingerprint density at radius 3 is 1.07 bits per heavy atom. The Morgan fingerprint density at radius 1 is 0.352 bits per heavy atom. The molecule has 30 heteroatoms. The van der Waals surface area contributed by atoms with E-state index in [9.17, 15) is 78.0 Å². The summed E-state index contributed by atoms with van der Waals surface area (Å²) in [5.41, 5.74) is 0.500. The van der Waals surface area contributed by atoms with Crippen LogP contribution in [0.5, 0.6) is 0 Å². The zero-order valence-electron chi connectivity index (χ0n) is 51.8. The van der Waals surface area contributed by atoms with Gasteiger partial charge in [-0.15, -0.1) is 0 Å². The summed E-state index contributed by atoms with van der Waals surface area (Å²) >= 11 is 0. The maximum atomic E-state index is 12.7. The van der Waals surface area contributed by atoms with Crippen LogP contribution in [0.1, 0.15) is 161 Å². The summed E-state index contributed by atoms with van der Waals surface area (Å²) in [6, 6.07) is 12.2. The van der Waals surface area contributed by atoms with Crippen molar-refractivity contribution in [2.75, 3.05) is 89.2 Å². The van der Waals surface area contributed by atoms with E-state index in [0.717, 1.165) is 0 Å². The first-order chi connectivity index (χ1) is 43.5. The van der Waals surface area contributed by atoms with Gasteiger partial charge in [0.25, 0.3) is 10.9 Å². The van der Waals surface area contributed by atoms with Gasteiger partial charge in [0.2, 0.25) is 53.2 Å². The van der Waals surface area contributed by atoms with E-state index in [1.165, 1.54) is 31.2 Å². The molecule has 91 heavy (non-hydrogen) atoms. The maximum absolute atomic E-state index is 12.7. The molecule has 0 atom stereocenters. The topological polar surface area (TPSA) is 432 Å². The minimum Gasteiger partial charge on any atom is -0.478 e. The van der Waals surface area contributed by atoms with Gasteiger partial charge in [-0.1, -0.05) is 24.3 Å². The van der Waals surface area contributed by atoms with Crippen LogP contribution in [0.25, 0.3) is 0 Å². The van der Waals surface area contributed by atoms with Gasteiger partial charge in [-0.2, -0.15) is 0 Å². The minimum absolute atomic E-state index is 0.00310. The number of hydrogen-bond donors (Lipinski definition) is 13. The second-order valence-electron chi connectivity index (χ2n) is 21.6. The van der Waals surface area contributed by atoms with Crippen molar-refractivity contribution in [3.05, 3.63) is 91.2 Å². The van der Waals surface area contributed by atoms with Crippen molar-refractivity contribution in [2.24, 2.45) is 0 Å². The fourth-order valence-electron chi connectivity index (χ4n) is 8.86. The molecule has 0 spiro atoms. The molecule has 0 aliphatic carbocycles. The van der Waals surface area contributed by atoms with Crippen LogP contribution in [0.3, 0.4) is 0 Å². The molecule has 0 bridgehead atoms. The number of nitrogens with one attached hydrogen (secondary N) is 8. The van der Waals surface area contributed by atoms with Crippen LogP contribution in [0.15, 0.2) is 58.1 Å². The van der Waals surface area contributed by atoms with Gasteiger partial charge in [0.05, 0.1) is 11.1 Å². The highest BCUT2D eigenvalue weighted by molar-refractivity contribution is 5.88. The Labute approximate surface area is 527 Å². The summed E-state index contributed by atoms with van der Waals surface area (Å²) in [6.07, 6.45) is 5.04. The SMILES string of the molecule is CC(=O)N(O)CCCCCNC(=O)CCC(=O)N(O)CCCCCNC(=O)CCC(=O)N(O)CCCCCNc1c(NCCN(CCNC(=O)CCCC(=O)NCc2ccc(C(=O)O)cc2)CCNC(=O)CCCC(=O)NCc2ccc(C(=O)O)cc2)c(=O)c1=O. The number of rotatable bonds is 49. The third-order valence-corrected chi connectivity index (χ3v) is 14.3. The van der Waals surface area contributed by atoms with E-state index in [0.29, 0.717) is 123 Å². The van der Waals surface area contributed by atoms with E-state index < -0.39 is 46.4 Å². The maximum Gasteiger partial charge on any atom is 0.335 e. The molecule has 9 amide bonds. The lowest BCUT2D eigenvalue weighted by Crippen LogP contribution is -2.43. The number of amides is 9. The third kappa shape index (κ3) is 33.0. The number of carbonyl (C=O) groups excluding carboxylic acids is 9. The van der Waals surface area contributed by atoms with Crippen LogP contribution in [0.2, 0.25) is 0 Å². The van der Waals surface area contributed by atoms with Crippen LogP contribution < -0.4 is 53.4 Å².